The number of para-hydroxylation sites is 1. The minimum absolute atomic E-state index is 0.000568. The molecule has 118 valence electrons. The molecule has 0 radical (unpaired) electrons. The number of hydrogen-bond donors (Lipinski definition) is 2. The summed E-state index contributed by atoms with van der Waals surface area (Å²) >= 11 is 0. The molecule has 4 N–H and O–H groups in total. The Balaban J connectivity index is 2.07. The number of nitrogens with zero attached hydrogens (tertiary/aromatic N) is 1. The smallest absolute Gasteiger partial charge is 0.340 e. The highest BCUT2D eigenvalue weighted by molar-refractivity contribution is 7.87. The topological polar surface area (TPSA) is 108 Å². The molecule has 0 amide bonds. The molecular formula is C16H15N3O3S. The van der Waals surface area contributed by atoms with E-state index in [1.165, 1.54) is 12.1 Å². The van der Waals surface area contributed by atoms with Crippen LogP contribution in [0.25, 0.3) is 10.9 Å². The van der Waals surface area contributed by atoms with Crippen LogP contribution in [0.5, 0.6) is 5.88 Å². The van der Waals surface area contributed by atoms with Crippen molar-refractivity contribution >= 4 is 32.4 Å². The lowest BCUT2D eigenvalue weighted by Crippen LogP contribution is -2.13. The lowest BCUT2D eigenvalue weighted by atomic mass is 10.1. The Hall–Kier alpha value is -2.80. The highest BCUT2D eigenvalue weighted by atomic mass is 32.2. The van der Waals surface area contributed by atoms with Gasteiger partial charge in [-0.25, -0.2) is 4.98 Å². The van der Waals surface area contributed by atoms with Crippen LogP contribution in [-0.2, 0) is 10.1 Å². The van der Waals surface area contributed by atoms with E-state index in [4.69, 9.17) is 15.7 Å². The van der Waals surface area contributed by atoms with Crippen LogP contribution in [0.2, 0.25) is 0 Å². The molecule has 0 saturated carbocycles. The van der Waals surface area contributed by atoms with E-state index in [0.717, 1.165) is 5.56 Å². The summed E-state index contributed by atoms with van der Waals surface area (Å²) in [6.45, 7) is 1.86. The lowest BCUT2D eigenvalue weighted by molar-refractivity contribution is 0.478. The largest absolute Gasteiger partial charge is 0.396 e. The summed E-state index contributed by atoms with van der Waals surface area (Å²) in [5.74, 6) is -0.221. The number of nitrogen functional groups attached to an aromatic ring is 2. The molecule has 3 rings (SSSR count). The van der Waals surface area contributed by atoms with Gasteiger partial charge in [0.15, 0.2) is 0 Å². The molecule has 3 aromatic rings. The summed E-state index contributed by atoms with van der Waals surface area (Å²) in [4.78, 5) is 4.18. The van der Waals surface area contributed by atoms with Crippen LogP contribution in [0.1, 0.15) is 5.56 Å². The fourth-order valence-corrected chi connectivity index (χ4v) is 3.05. The molecular weight excluding hydrogens is 314 g/mol. The van der Waals surface area contributed by atoms with Gasteiger partial charge in [-0.3, -0.25) is 0 Å². The van der Waals surface area contributed by atoms with Gasteiger partial charge in [-0.1, -0.05) is 35.9 Å². The van der Waals surface area contributed by atoms with Gasteiger partial charge < -0.3 is 15.7 Å². The number of hydrogen-bond acceptors (Lipinski definition) is 6. The van der Waals surface area contributed by atoms with Crippen molar-refractivity contribution in [3.8, 4) is 5.88 Å². The SMILES string of the molecule is Cc1ccc(S(=O)(=O)Oc2nc3ccccc3c(N)c2N)cc1. The normalized spacial score (nSPS) is 11.5. The van der Waals surface area contributed by atoms with Gasteiger partial charge in [0, 0.05) is 5.39 Å². The highest BCUT2D eigenvalue weighted by Gasteiger charge is 2.21. The second kappa shape index (κ2) is 5.44. The summed E-state index contributed by atoms with van der Waals surface area (Å²) in [5.41, 5.74) is 13.5. The van der Waals surface area contributed by atoms with Crippen molar-refractivity contribution in [1.82, 2.24) is 4.98 Å². The third-order valence-corrected chi connectivity index (χ3v) is 4.66. The van der Waals surface area contributed by atoms with Gasteiger partial charge in [0.25, 0.3) is 5.88 Å². The van der Waals surface area contributed by atoms with Crippen LogP contribution in [-0.4, -0.2) is 13.4 Å². The van der Waals surface area contributed by atoms with Crippen molar-refractivity contribution in [3.05, 3.63) is 54.1 Å². The van der Waals surface area contributed by atoms with Crippen molar-refractivity contribution in [2.45, 2.75) is 11.8 Å². The molecule has 0 atom stereocenters. The zero-order valence-electron chi connectivity index (χ0n) is 12.4. The zero-order chi connectivity index (χ0) is 16.6. The standard InChI is InChI=1S/C16H15N3O3S/c1-10-6-8-11(9-7-10)23(20,21)22-16-15(18)14(17)12-4-2-3-5-13(12)19-16/h2-9H,18H2,1H3,(H2,17,19). The average molecular weight is 329 g/mol. The summed E-state index contributed by atoms with van der Waals surface area (Å²) in [7, 11) is -4.04. The fourth-order valence-electron chi connectivity index (χ4n) is 2.15. The van der Waals surface area contributed by atoms with E-state index in [1.807, 2.05) is 6.92 Å². The molecule has 7 heteroatoms. The van der Waals surface area contributed by atoms with E-state index in [0.29, 0.717) is 10.9 Å². The van der Waals surface area contributed by atoms with Crippen molar-refractivity contribution < 1.29 is 12.6 Å². The van der Waals surface area contributed by atoms with Gasteiger partial charge >= 0.3 is 10.1 Å². The third-order valence-electron chi connectivity index (χ3n) is 3.44. The van der Waals surface area contributed by atoms with Gasteiger partial charge in [0.05, 0.1) is 11.2 Å². The van der Waals surface area contributed by atoms with Gasteiger partial charge in [-0.15, -0.1) is 0 Å². The van der Waals surface area contributed by atoms with Crippen LogP contribution in [0, 0.1) is 6.92 Å². The van der Waals surface area contributed by atoms with E-state index in [2.05, 4.69) is 4.98 Å². The summed E-state index contributed by atoms with van der Waals surface area (Å²) in [6.07, 6.45) is 0. The van der Waals surface area contributed by atoms with Gasteiger partial charge in [-0.2, -0.15) is 8.42 Å². The maximum atomic E-state index is 12.4. The molecule has 6 nitrogen and oxygen atoms in total. The minimum atomic E-state index is -4.04. The molecule has 0 bridgehead atoms. The molecule has 23 heavy (non-hydrogen) atoms. The first-order chi connectivity index (χ1) is 10.9. The molecule has 0 unspecified atom stereocenters. The first-order valence-corrected chi connectivity index (χ1v) is 8.24. The lowest BCUT2D eigenvalue weighted by Gasteiger charge is -2.12. The number of aromatic nitrogens is 1. The monoisotopic (exact) mass is 329 g/mol. The number of aryl methyl sites for hydroxylation is 1. The number of pyridine rings is 1. The van der Waals surface area contributed by atoms with Gasteiger partial charge in [0.1, 0.15) is 10.6 Å². The number of benzene rings is 2. The van der Waals surface area contributed by atoms with Crippen molar-refractivity contribution in [1.29, 1.82) is 0 Å². The van der Waals surface area contributed by atoms with Crippen molar-refractivity contribution in [3.63, 3.8) is 0 Å². The number of anilines is 2. The molecule has 0 saturated heterocycles. The first-order valence-electron chi connectivity index (χ1n) is 6.83. The number of rotatable bonds is 3. The predicted molar refractivity (Wildman–Crippen MR) is 89.6 cm³/mol. The molecule has 0 spiro atoms. The number of nitrogens with two attached hydrogens (primary N) is 2. The van der Waals surface area contributed by atoms with Crippen molar-refractivity contribution in [2.24, 2.45) is 0 Å². The van der Waals surface area contributed by atoms with Crippen LogP contribution < -0.4 is 15.7 Å². The quantitative estimate of drug-likeness (QED) is 0.715. The Morgan fingerprint density at radius 1 is 0.957 bits per heavy atom. The fraction of sp³-hybridized carbons (Fsp3) is 0.0625. The van der Waals surface area contributed by atoms with Crippen molar-refractivity contribution in [2.75, 3.05) is 11.5 Å². The molecule has 0 aliphatic heterocycles. The Bertz CT molecular complexity index is 983. The Morgan fingerprint density at radius 2 is 1.61 bits per heavy atom. The average Bonchev–Trinajstić information content (AvgIpc) is 2.52. The van der Waals surface area contributed by atoms with Gasteiger partial charge in [0.2, 0.25) is 0 Å². The third kappa shape index (κ3) is 2.78. The zero-order valence-corrected chi connectivity index (χ0v) is 13.2. The number of fused-ring (bicyclic) bond motifs is 1. The van der Waals surface area contributed by atoms with E-state index in [1.54, 1.807) is 36.4 Å². The van der Waals surface area contributed by atoms with Crippen LogP contribution in [0.4, 0.5) is 11.4 Å². The maximum Gasteiger partial charge on any atom is 0.340 e. The van der Waals surface area contributed by atoms with Crippen LogP contribution >= 0.6 is 0 Å². The summed E-state index contributed by atoms with van der Waals surface area (Å²) in [5, 5.41) is 0.644. The second-order valence-corrected chi connectivity index (χ2v) is 6.66. The molecule has 1 aromatic heterocycles. The summed E-state index contributed by atoms with van der Waals surface area (Å²) < 4.78 is 29.8. The van der Waals surface area contributed by atoms with E-state index in [9.17, 15) is 8.42 Å². The molecule has 1 heterocycles. The predicted octanol–water partition coefficient (Wildman–Crippen LogP) is 2.48. The second-order valence-electron chi connectivity index (χ2n) is 5.11. The van der Waals surface area contributed by atoms with Crippen LogP contribution in [0.15, 0.2) is 53.4 Å². The van der Waals surface area contributed by atoms with E-state index >= 15 is 0 Å². The summed E-state index contributed by atoms with van der Waals surface area (Å²) in [6, 6.07) is 13.3. The Morgan fingerprint density at radius 3 is 2.30 bits per heavy atom. The molecule has 0 fully saturated rings. The van der Waals surface area contributed by atoms with Gasteiger partial charge in [-0.05, 0) is 25.1 Å². The molecule has 0 aliphatic carbocycles. The van der Waals surface area contributed by atoms with E-state index < -0.39 is 10.1 Å². The Labute approximate surface area is 133 Å². The Kier molecular flexibility index (Phi) is 3.57. The van der Waals surface area contributed by atoms with E-state index in [-0.39, 0.29) is 22.2 Å². The first kappa shape index (κ1) is 15.1. The molecule has 2 aromatic carbocycles. The van der Waals surface area contributed by atoms with Crippen LogP contribution in [0.3, 0.4) is 0 Å². The minimum Gasteiger partial charge on any atom is -0.396 e. The maximum absolute atomic E-state index is 12.4. The highest BCUT2D eigenvalue weighted by Crippen LogP contribution is 2.33. The molecule has 0 aliphatic rings.